The van der Waals surface area contributed by atoms with Crippen molar-refractivity contribution < 1.29 is 19.4 Å². The fourth-order valence-electron chi connectivity index (χ4n) is 2.83. The number of carboxylic acid groups (broad SMARTS) is 1. The molecule has 1 aromatic carbocycles. The molecule has 1 aliphatic rings. The second-order valence-corrected chi connectivity index (χ2v) is 6.34. The summed E-state index contributed by atoms with van der Waals surface area (Å²) >= 11 is 3.47. The summed E-state index contributed by atoms with van der Waals surface area (Å²) in [4.78, 5) is 25.1. The van der Waals surface area contributed by atoms with E-state index in [1.165, 1.54) is 0 Å². The summed E-state index contributed by atoms with van der Waals surface area (Å²) in [5, 5.41) is 8.99. The molecule has 0 aliphatic carbocycles. The van der Waals surface area contributed by atoms with E-state index in [2.05, 4.69) is 15.9 Å². The van der Waals surface area contributed by atoms with E-state index in [-0.39, 0.29) is 24.5 Å². The molecule has 22 heavy (non-hydrogen) atoms. The number of aryl methyl sites for hydroxylation is 1. The maximum atomic E-state index is 12.4. The Bertz CT molecular complexity index is 549. The number of halogens is 1. The van der Waals surface area contributed by atoms with Gasteiger partial charge in [-0.3, -0.25) is 9.59 Å². The molecule has 0 radical (unpaired) electrons. The summed E-state index contributed by atoms with van der Waals surface area (Å²) in [5.74, 6) is -0.896. The van der Waals surface area contributed by atoms with Crippen LogP contribution in [0.3, 0.4) is 0 Å². The fourth-order valence-corrected chi connectivity index (χ4v) is 3.31. The first-order chi connectivity index (χ1) is 10.5. The highest BCUT2D eigenvalue weighted by Gasteiger charge is 2.36. The lowest BCUT2D eigenvalue weighted by Crippen LogP contribution is -2.37. The van der Waals surface area contributed by atoms with Gasteiger partial charge in [-0.1, -0.05) is 34.1 Å². The van der Waals surface area contributed by atoms with E-state index in [4.69, 9.17) is 9.84 Å². The van der Waals surface area contributed by atoms with Crippen molar-refractivity contribution in [3.63, 3.8) is 0 Å². The first kappa shape index (κ1) is 17.0. The van der Waals surface area contributed by atoms with Crippen LogP contribution in [0, 0.1) is 0 Å². The highest BCUT2D eigenvalue weighted by atomic mass is 79.9. The van der Waals surface area contributed by atoms with Crippen LogP contribution in [0.1, 0.15) is 24.8 Å². The lowest BCUT2D eigenvalue weighted by atomic mass is 10.1. The van der Waals surface area contributed by atoms with E-state index in [9.17, 15) is 9.59 Å². The van der Waals surface area contributed by atoms with Crippen LogP contribution in [-0.2, 0) is 20.7 Å². The molecule has 1 amide bonds. The quantitative estimate of drug-likeness (QED) is 0.836. The van der Waals surface area contributed by atoms with Crippen molar-refractivity contribution in [3.8, 4) is 0 Å². The number of amides is 1. The molecule has 1 heterocycles. The number of benzene rings is 1. The van der Waals surface area contributed by atoms with Gasteiger partial charge in [-0.2, -0.15) is 0 Å². The zero-order valence-corrected chi connectivity index (χ0v) is 14.1. The lowest BCUT2D eigenvalue weighted by Gasteiger charge is -2.23. The molecule has 5 nitrogen and oxygen atoms in total. The standard InChI is InChI=1S/C16H20BrNO4/c1-22-13-8-12(9-16(20)21)18(10-13)15(19)7-6-11-4-2-3-5-14(11)17/h2-5,12-13H,6-10H2,1H3,(H,20,21). The number of methoxy groups -OCH3 is 1. The van der Waals surface area contributed by atoms with Gasteiger partial charge >= 0.3 is 5.97 Å². The minimum atomic E-state index is -0.884. The maximum absolute atomic E-state index is 12.4. The van der Waals surface area contributed by atoms with Crippen LogP contribution in [0.5, 0.6) is 0 Å². The SMILES string of the molecule is COC1CC(CC(=O)O)N(C(=O)CCc2ccccc2Br)C1. The summed E-state index contributed by atoms with van der Waals surface area (Å²) in [7, 11) is 1.59. The zero-order valence-electron chi connectivity index (χ0n) is 12.5. The molecular formula is C16H20BrNO4. The number of hydrogen-bond acceptors (Lipinski definition) is 3. The number of carbonyl (C=O) groups excluding carboxylic acids is 1. The zero-order chi connectivity index (χ0) is 16.1. The topological polar surface area (TPSA) is 66.8 Å². The minimum absolute atomic E-state index is 0.0125. The Kier molecular flexibility index (Phi) is 5.97. The summed E-state index contributed by atoms with van der Waals surface area (Å²) in [6.07, 6.45) is 1.49. The molecule has 1 aliphatic heterocycles. The van der Waals surface area contributed by atoms with Crippen LogP contribution < -0.4 is 0 Å². The van der Waals surface area contributed by atoms with Crippen molar-refractivity contribution in [2.75, 3.05) is 13.7 Å². The van der Waals surface area contributed by atoms with Gasteiger partial charge in [0, 0.05) is 30.6 Å². The second kappa shape index (κ2) is 7.74. The van der Waals surface area contributed by atoms with E-state index in [0.29, 0.717) is 25.8 Å². The molecule has 0 spiro atoms. The number of carbonyl (C=O) groups is 2. The molecule has 120 valence electrons. The van der Waals surface area contributed by atoms with Gasteiger partial charge < -0.3 is 14.7 Å². The summed E-state index contributed by atoms with van der Waals surface area (Å²) < 4.78 is 6.28. The number of carboxylic acids is 1. The van der Waals surface area contributed by atoms with E-state index >= 15 is 0 Å². The van der Waals surface area contributed by atoms with Crippen LogP contribution in [0.25, 0.3) is 0 Å². The molecule has 2 atom stereocenters. The van der Waals surface area contributed by atoms with Gasteiger partial charge in [0.15, 0.2) is 0 Å². The van der Waals surface area contributed by atoms with Crippen molar-refractivity contribution in [2.24, 2.45) is 0 Å². The van der Waals surface area contributed by atoms with E-state index in [0.717, 1.165) is 10.0 Å². The Morgan fingerprint density at radius 2 is 2.14 bits per heavy atom. The average Bonchev–Trinajstić information content (AvgIpc) is 2.88. The Balaban J connectivity index is 1.97. The summed E-state index contributed by atoms with van der Waals surface area (Å²) in [5.41, 5.74) is 1.08. The predicted octanol–water partition coefficient (Wildman–Crippen LogP) is 2.47. The molecule has 0 aromatic heterocycles. The Labute approximate surface area is 138 Å². The first-order valence-electron chi connectivity index (χ1n) is 7.28. The number of hydrogen-bond donors (Lipinski definition) is 1. The second-order valence-electron chi connectivity index (χ2n) is 5.48. The molecule has 1 aromatic rings. The number of nitrogens with zero attached hydrogens (tertiary/aromatic N) is 1. The van der Waals surface area contributed by atoms with Crippen molar-refractivity contribution in [3.05, 3.63) is 34.3 Å². The largest absolute Gasteiger partial charge is 0.481 e. The fraction of sp³-hybridized carbons (Fsp3) is 0.500. The van der Waals surface area contributed by atoms with Crippen molar-refractivity contribution in [1.29, 1.82) is 0 Å². The third-order valence-electron chi connectivity index (χ3n) is 4.01. The molecular weight excluding hydrogens is 350 g/mol. The molecule has 0 bridgehead atoms. The van der Waals surface area contributed by atoms with Gasteiger partial charge in [-0.25, -0.2) is 0 Å². The van der Waals surface area contributed by atoms with Gasteiger partial charge in [-0.15, -0.1) is 0 Å². The third-order valence-corrected chi connectivity index (χ3v) is 4.78. The van der Waals surface area contributed by atoms with E-state index in [1.54, 1.807) is 12.0 Å². The summed E-state index contributed by atoms with van der Waals surface area (Å²) in [6.45, 7) is 0.475. The van der Waals surface area contributed by atoms with Gasteiger partial charge in [0.25, 0.3) is 0 Å². The first-order valence-corrected chi connectivity index (χ1v) is 8.08. The number of likely N-dealkylation sites (tertiary alicyclic amines) is 1. The highest BCUT2D eigenvalue weighted by Crippen LogP contribution is 2.24. The number of rotatable bonds is 6. The van der Waals surface area contributed by atoms with Crippen molar-refractivity contribution >= 4 is 27.8 Å². The van der Waals surface area contributed by atoms with Gasteiger partial charge in [0.2, 0.25) is 5.91 Å². The monoisotopic (exact) mass is 369 g/mol. The van der Waals surface area contributed by atoms with E-state index < -0.39 is 5.97 Å². The number of aliphatic carboxylic acids is 1. The van der Waals surface area contributed by atoms with Crippen molar-refractivity contribution in [1.82, 2.24) is 4.90 Å². The molecule has 0 saturated carbocycles. The normalized spacial score (nSPS) is 21.1. The van der Waals surface area contributed by atoms with Crippen LogP contribution in [0.2, 0.25) is 0 Å². The summed E-state index contributed by atoms with van der Waals surface area (Å²) in [6, 6.07) is 7.53. The lowest BCUT2D eigenvalue weighted by molar-refractivity contribution is -0.139. The number of ether oxygens (including phenoxy) is 1. The maximum Gasteiger partial charge on any atom is 0.305 e. The third kappa shape index (κ3) is 4.30. The van der Waals surface area contributed by atoms with E-state index in [1.807, 2.05) is 24.3 Å². The van der Waals surface area contributed by atoms with Crippen LogP contribution in [0.4, 0.5) is 0 Å². The Morgan fingerprint density at radius 3 is 2.77 bits per heavy atom. The average molecular weight is 370 g/mol. The molecule has 2 unspecified atom stereocenters. The molecule has 1 N–H and O–H groups in total. The van der Waals surface area contributed by atoms with Crippen molar-refractivity contribution in [2.45, 2.75) is 37.8 Å². The minimum Gasteiger partial charge on any atom is -0.481 e. The van der Waals surface area contributed by atoms with Crippen LogP contribution in [-0.4, -0.2) is 47.7 Å². The predicted molar refractivity (Wildman–Crippen MR) is 85.6 cm³/mol. The van der Waals surface area contributed by atoms with Crippen LogP contribution in [0.15, 0.2) is 28.7 Å². The Morgan fingerprint density at radius 1 is 1.41 bits per heavy atom. The Hall–Kier alpha value is -1.40. The molecule has 6 heteroatoms. The molecule has 2 rings (SSSR count). The highest BCUT2D eigenvalue weighted by molar-refractivity contribution is 9.10. The van der Waals surface area contributed by atoms with Gasteiger partial charge in [0.05, 0.1) is 12.5 Å². The van der Waals surface area contributed by atoms with Gasteiger partial charge in [-0.05, 0) is 24.5 Å². The molecule has 1 fully saturated rings. The smallest absolute Gasteiger partial charge is 0.305 e. The van der Waals surface area contributed by atoms with Gasteiger partial charge in [0.1, 0.15) is 0 Å². The van der Waals surface area contributed by atoms with Crippen LogP contribution >= 0.6 is 15.9 Å². The molecule has 1 saturated heterocycles.